The predicted molar refractivity (Wildman–Crippen MR) is 63.0 cm³/mol. The number of nitrogens with zero attached hydrogens (tertiary/aromatic N) is 2. The molecule has 1 saturated carbocycles. The molecule has 1 aliphatic rings. The van der Waals surface area contributed by atoms with Crippen LogP contribution in [-0.2, 0) is 6.42 Å². The second kappa shape index (κ2) is 5.03. The van der Waals surface area contributed by atoms with Crippen molar-refractivity contribution >= 4 is 11.5 Å². The smallest absolute Gasteiger partial charge is 0.0803 e. The number of nitrogens with one attached hydrogen (secondary N) is 1. The van der Waals surface area contributed by atoms with Crippen LogP contribution in [0.15, 0.2) is 0 Å². The third-order valence-corrected chi connectivity index (χ3v) is 3.88. The van der Waals surface area contributed by atoms with Crippen molar-refractivity contribution in [1.82, 2.24) is 14.9 Å². The van der Waals surface area contributed by atoms with Crippen LogP contribution in [0.3, 0.4) is 0 Å². The van der Waals surface area contributed by atoms with Crippen molar-refractivity contribution in [1.29, 1.82) is 0 Å². The molecule has 0 aromatic carbocycles. The van der Waals surface area contributed by atoms with Crippen molar-refractivity contribution in [2.24, 2.45) is 5.92 Å². The Bertz CT molecular complexity index is 307. The van der Waals surface area contributed by atoms with Crippen LogP contribution < -0.4 is 5.32 Å². The van der Waals surface area contributed by atoms with E-state index in [2.05, 4.69) is 21.8 Å². The number of hydrogen-bond acceptors (Lipinski definition) is 4. The average Bonchev–Trinajstić information content (AvgIpc) is 2.95. The SMILES string of the molecule is CCCc1nnsc1C(CC1CC1)NC. The monoisotopic (exact) mass is 225 g/mol. The number of rotatable bonds is 6. The predicted octanol–water partition coefficient (Wildman–Crippen LogP) is 2.55. The van der Waals surface area contributed by atoms with Crippen LogP contribution >= 0.6 is 11.5 Å². The molecule has 1 fully saturated rings. The molecular weight excluding hydrogens is 206 g/mol. The highest BCUT2D eigenvalue weighted by atomic mass is 32.1. The van der Waals surface area contributed by atoms with E-state index in [-0.39, 0.29) is 0 Å². The van der Waals surface area contributed by atoms with Crippen molar-refractivity contribution in [3.8, 4) is 0 Å². The molecule has 3 nitrogen and oxygen atoms in total. The summed E-state index contributed by atoms with van der Waals surface area (Å²) in [5.41, 5.74) is 1.21. The molecule has 1 N–H and O–H groups in total. The average molecular weight is 225 g/mol. The maximum absolute atomic E-state index is 4.23. The van der Waals surface area contributed by atoms with Crippen molar-refractivity contribution < 1.29 is 0 Å². The third kappa shape index (κ3) is 2.75. The standard InChI is InChI=1S/C11H19N3S/c1-3-4-9-11(15-14-13-9)10(12-2)7-8-5-6-8/h8,10,12H,3-7H2,1-2H3. The summed E-state index contributed by atoms with van der Waals surface area (Å²) in [6, 6.07) is 0.485. The molecule has 4 heteroatoms. The number of aryl methyl sites for hydroxylation is 1. The Morgan fingerprint density at radius 1 is 1.53 bits per heavy atom. The van der Waals surface area contributed by atoms with Gasteiger partial charge in [-0.05, 0) is 37.3 Å². The molecule has 0 saturated heterocycles. The lowest BCUT2D eigenvalue weighted by Crippen LogP contribution is -2.17. The van der Waals surface area contributed by atoms with E-state index in [0.717, 1.165) is 18.8 Å². The van der Waals surface area contributed by atoms with Crippen LogP contribution in [0.25, 0.3) is 0 Å². The van der Waals surface area contributed by atoms with E-state index >= 15 is 0 Å². The van der Waals surface area contributed by atoms with Gasteiger partial charge in [0.05, 0.1) is 10.6 Å². The molecular formula is C11H19N3S. The van der Waals surface area contributed by atoms with Gasteiger partial charge in [-0.2, -0.15) is 0 Å². The van der Waals surface area contributed by atoms with Crippen LogP contribution in [-0.4, -0.2) is 16.6 Å². The molecule has 0 amide bonds. The van der Waals surface area contributed by atoms with E-state index in [0.29, 0.717) is 6.04 Å². The maximum Gasteiger partial charge on any atom is 0.0803 e. The Hall–Kier alpha value is -0.480. The van der Waals surface area contributed by atoms with Gasteiger partial charge in [-0.3, -0.25) is 0 Å². The number of aromatic nitrogens is 2. The van der Waals surface area contributed by atoms with Crippen molar-refractivity contribution in [2.75, 3.05) is 7.05 Å². The molecule has 1 aromatic heterocycles. The zero-order valence-electron chi connectivity index (χ0n) is 9.49. The summed E-state index contributed by atoms with van der Waals surface area (Å²) in [6.45, 7) is 2.19. The summed E-state index contributed by atoms with van der Waals surface area (Å²) >= 11 is 1.57. The van der Waals surface area contributed by atoms with Gasteiger partial charge in [-0.1, -0.05) is 30.7 Å². The van der Waals surface area contributed by atoms with Crippen LogP contribution in [0.1, 0.15) is 49.2 Å². The summed E-state index contributed by atoms with van der Waals surface area (Å²) in [6.07, 6.45) is 6.30. The molecule has 0 radical (unpaired) electrons. The van der Waals surface area contributed by atoms with Crippen molar-refractivity contribution in [3.63, 3.8) is 0 Å². The Labute approximate surface area is 95.4 Å². The van der Waals surface area contributed by atoms with E-state index < -0.39 is 0 Å². The van der Waals surface area contributed by atoms with E-state index in [9.17, 15) is 0 Å². The molecule has 1 aliphatic carbocycles. The minimum atomic E-state index is 0.485. The summed E-state index contributed by atoms with van der Waals surface area (Å²) in [5.74, 6) is 0.944. The van der Waals surface area contributed by atoms with Crippen molar-refractivity contribution in [3.05, 3.63) is 10.6 Å². The maximum atomic E-state index is 4.23. The fraction of sp³-hybridized carbons (Fsp3) is 0.818. The summed E-state index contributed by atoms with van der Waals surface area (Å²) in [5, 5.41) is 7.64. The molecule has 0 spiro atoms. The molecule has 1 aromatic rings. The van der Waals surface area contributed by atoms with Gasteiger partial charge in [0, 0.05) is 6.04 Å². The third-order valence-electron chi connectivity index (χ3n) is 3.00. The van der Waals surface area contributed by atoms with E-state index in [1.54, 1.807) is 11.5 Å². The molecule has 0 bridgehead atoms. The highest BCUT2D eigenvalue weighted by Gasteiger charge is 2.27. The van der Waals surface area contributed by atoms with E-state index in [4.69, 9.17) is 0 Å². The highest BCUT2D eigenvalue weighted by molar-refractivity contribution is 7.05. The van der Waals surface area contributed by atoms with E-state index in [1.807, 2.05) is 7.05 Å². The van der Waals surface area contributed by atoms with Gasteiger partial charge in [-0.25, -0.2) is 0 Å². The zero-order chi connectivity index (χ0) is 10.7. The summed E-state index contributed by atoms with van der Waals surface area (Å²) < 4.78 is 4.09. The number of hydrogen-bond donors (Lipinski definition) is 1. The highest BCUT2D eigenvalue weighted by Crippen LogP contribution is 2.38. The first-order chi connectivity index (χ1) is 7.35. The quantitative estimate of drug-likeness (QED) is 0.808. The fourth-order valence-corrected chi connectivity index (χ4v) is 2.75. The Morgan fingerprint density at radius 2 is 2.33 bits per heavy atom. The van der Waals surface area contributed by atoms with Gasteiger partial charge in [0.1, 0.15) is 0 Å². The van der Waals surface area contributed by atoms with Crippen molar-refractivity contribution in [2.45, 2.75) is 45.1 Å². The minimum Gasteiger partial charge on any atom is -0.312 e. The first kappa shape index (κ1) is 11.0. The molecule has 0 aliphatic heterocycles. The molecule has 15 heavy (non-hydrogen) atoms. The molecule has 1 heterocycles. The van der Waals surface area contributed by atoms with Gasteiger partial charge in [0.25, 0.3) is 0 Å². The normalized spacial score (nSPS) is 18.0. The van der Waals surface area contributed by atoms with Gasteiger partial charge in [-0.15, -0.1) is 5.10 Å². The largest absolute Gasteiger partial charge is 0.312 e. The Morgan fingerprint density at radius 3 is 2.93 bits per heavy atom. The lowest BCUT2D eigenvalue weighted by molar-refractivity contribution is 0.517. The lowest BCUT2D eigenvalue weighted by Gasteiger charge is -2.14. The van der Waals surface area contributed by atoms with Crippen LogP contribution in [0, 0.1) is 5.92 Å². The van der Waals surface area contributed by atoms with Crippen LogP contribution in [0.5, 0.6) is 0 Å². The Kier molecular flexibility index (Phi) is 3.70. The van der Waals surface area contributed by atoms with Gasteiger partial charge in [0.2, 0.25) is 0 Å². The van der Waals surface area contributed by atoms with Gasteiger partial charge >= 0.3 is 0 Å². The topological polar surface area (TPSA) is 37.8 Å². The summed E-state index contributed by atoms with van der Waals surface area (Å²) in [4.78, 5) is 1.37. The Balaban J connectivity index is 2.05. The minimum absolute atomic E-state index is 0.485. The first-order valence-electron chi connectivity index (χ1n) is 5.83. The molecule has 1 atom stereocenters. The zero-order valence-corrected chi connectivity index (χ0v) is 10.3. The molecule has 1 unspecified atom stereocenters. The van der Waals surface area contributed by atoms with Crippen LogP contribution in [0.4, 0.5) is 0 Å². The van der Waals surface area contributed by atoms with Gasteiger partial charge < -0.3 is 5.32 Å². The second-order valence-electron chi connectivity index (χ2n) is 4.35. The van der Waals surface area contributed by atoms with E-state index in [1.165, 1.54) is 29.8 Å². The molecule has 84 valence electrons. The van der Waals surface area contributed by atoms with Gasteiger partial charge in [0.15, 0.2) is 0 Å². The fourth-order valence-electron chi connectivity index (χ4n) is 1.93. The molecule has 2 rings (SSSR count). The summed E-state index contributed by atoms with van der Waals surface area (Å²) in [7, 11) is 2.04. The second-order valence-corrected chi connectivity index (χ2v) is 5.14. The first-order valence-corrected chi connectivity index (χ1v) is 6.60. The lowest BCUT2D eigenvalue weighted by atomic mass is 10.1. The van der Waals surface area contributed by atoms with Crippen LogP contribution in [0.2, 0.25) is 0 Å².